The topological polar surface area (TPSA) is 73.2 Å². The predicted octanol–water partition coefficient (Wildman–Crippen LogP) is 5.19. The lowest BCUT2D eigenvalue weighted by atomic mass is 9.95. The van der Waals surface area contributed by atoms with E-state index in [0.29, 0.717) is 32.2 Å². The van der Waals surface area contributed by atoms with Gasteiger partial charge in [-0.3, -0.25) is 14.2 Å². The molecule has 2 aromatic heterocycles. The van der Waals surface area contributed by atoms with Crippen molar-refractivity contribution >= 4 is 44.7 Å². The predicted molar refractivity (Wildman–Crippen MR) is 117 cm³/mol. The van der Waals surface area contributed by atoms with Gasteiger partial charge in [-0.05, 0) is 38.0 Å². The molecule has 152 valence electrons. The molecule has 1 aromatic carbocycles. The molecule has 6 nitrogen and oxygen atoms in total. The van der Waals surface area contributed by atoms with Crippen LogP contribution in [0.1, 0.15) is 53.4 Å². The maximum Gasteiger partial charge on any atom is 0.271 e. The van der Waals surface area contributed by atoms with Crippen molar-refractivity contribution in [2.45, 2.75) is 45.1 Å². The van der Waals surface area contributed by atoms with E-state index >= 15 is 0 Å². The largest absolute Gasteiger partial charge is 0.495 e. The van der Waals surface area contributed by atoms with Gasteiger partial charge in [0.15, 0.2) is 0 Å². The molecule has 1 saturated carbocycles. The van der Waals surface area contributed by atoms with Crippen molar-refractivity contribution in [2.75, 3.05) is 12.4 Å². The van der Waals surface area contributed by atoms with Gasteiger partial charge in [0.2, 0.25) is 0 Å². The molecule has 4 rings (SSSR count). The van der Waals surface area contributed by atoms with E-state index in [1.807, 2.05) is 6.92 Å². The highest BCUT2D eigenvalue weighted by atomic mass is 35.5. The number of hydrogen-bond donors (Lipinski definition) is 1. The fourth-order valence-corrected chi connectivity index (χ4v) is 5.21. The molecule has 0 radical (unpaired) electrons. The second-order valence-corrected chi connectivity index (χ2v) is 8.90. The van der Waals surface area contributed by atoms with Gasteiger partial charge in [0, 0.05) is 16.6 Å². The van der Waals surface area contributed by atoms with Crippen LogP contribution in [0, 0.1) is 6.92 Å². The minimum absolute atomic E-state index is 0.0541. The standard InChI is InChI=1S/C21H22ClN3O3S/c1-12-17(20(26)24-13-8-9-16(28-2)15(22)10-13)18-19(29-12)21(27)25(11-23-18)14-6-4-3-5-7-14/h8-11,14H,3-7H2,1-2H3,(H,24,26). The summed E-state index contributed by atoms with van der Waals surface area (Å²) in [6.07, 6.45) is 7.10. The first-order valence-corrected chi connectivity index (χ1v) is 10.8. The summed E-state index contributed by atoms with van der Waals surface area (Å²) >= 11 is 7.47. The van der Waals surface area contributed by atoms with Crippen molar-refractivity contribution in [1.29, 1.82) is 0 Å². The Kier molecular flexibility index (Phi) is 5.61. The molecule has 0 unspecified atom stereocenters. The van der Waals surface area contributed by atoms with Crippen molar-refractivity contribution in [3.8, 4) is 5.75 Å². The zero-order chi connectivity index (χ0) is 20.5. The van der Waals surface area contributed by atoms with Gasteiger partial charge < -0.3 is 10.1 Å². The Labute approximate surface area is 177 Å². The smallest absolute Gasteiger partial charge is 0.271 e. The summed E-state index contributed by atoms with van der Waals surface area (Å²) in [6, 6.07) is 5.24. The van der Waals surface area contributed by atoms with Crippen LogP contribution < -0.4 is 15.6 Å². The molecule has 3 aromatic rings. The Balaban J connectivity index is 1.67. The SMILES string of the molecule is COc1ccc(NC(=O)c2c(C)sc3c(=O)n(C4CCCCC4)cnc23)cc1Cl. The minimum atomic E-state index is -0.308. The number of carbonyl (C=O) groups is 1. The highest BCUT2D eigenvalue weighted by molar-refractivity contribution is 7.19. The quantitative estimate of drug-likeness (QED) is 0.617. The number of rotatable bonds is 4. The number of carbonyl (C=O) groups excluding carboxylic acids is 1. The lowest BCUT2D eigenvalue weighted by Crippen LogP contribution is -2.26. The molecule has 0 saturated heterocycles. The van der Waals surface area contributed by atoms with Gasteiger partial charge in [0.25, 0.3) is 11.5 Å². The van der Waals surface area contributed by atoms with E-state index in [1.165, 1.54) is 24.9 Å². The van der Waals surface area contributed by atoms with E-state index in [4.69, 9.17) is 16.3 Å². The number of aromatic nitrogens is 2. The van der Waals surface area contributed by atoms with Crippen LogP contribution in [0.25, 0.3) is 10.2 Å². The number of ether oxygens (including phenoxy) is 1. The summed E-state index contributed by atoms with van der Waals surface area (Å²) in [4.78, 5) is 31.3. The van der Waals surface area contributed by atoms with E-state index < -0.39 is 0 Å². The molecule has 1 amide bonds. The Hall–Kier alpha value is -2.38. The van der Waals surface area contributed by atoms with Crippen molar-refractivity contribution in [1.82, 2.24) is 9.55 Å². The fourth-order valence-electron chi connectivity index (χ4n) is 3.91. The van der Waals surface area contributed by atoms with E-state index in [-0.39, 0.29) is 17.5 Å². The number of aryl methyl sites for hydroxylation is 1. The van der Waals surface area contributed by atoms with Crippen LogP contribution in [-0.4, -0.2) is 22.6 Å². The molecule has 1 aliphatic rings. The molecule has 1 fully saturated rings. The summed E-state index contributed by atoms with van der Waals surface area (Å²) in [7, 11) is 1.53. The Morgan fingerprint density at radius 3 is 2.76 bits per heavy atom. The molecule has 0 bridgehead atoms. The zero-order valence-corrected chi connectivity index (χ0v) is 17.9. The third kappa shape index (κ3) is 3.76. The van der Waals surface area contributed by atoms with E-state index in [2.05, 4.69) is 10.3 Å². The van der Waals surface area contributed by atoms with Crippen LogP contribution in [0.5, 0.6) is 5.75 Å². The van der Waals surface area contributed by atoms with Crippen molar-refractivity contribution in [3.05, 3.63) is 50.3 Å². The first-order valence-electron chi connectivity index (χ1n) is 9.64. The van der Waals surface area contributed by atoms with Crippen molar-refractivity contribution in [2.24, 2.45) is 0 Å². The average Bonchev–Trinajstić information content (AvgIpc) is 3.06. The number of methoxy groups -OCH3 is 1. The van der Waals surface area contributed by atoms with Crippen molar-refractivity contribution < 1.29 is 9.53 Å². The van der Waals surface area contributed by atoms with Crippen LogP contribution in [0.15, 0.2) is 29.3 Å². The molecule has 0 atom stereocenters. The van der Waals surface area contributed by atoms with Crippen LogP contribution >= 0.6 is 22.9 Å². The minimum Gasteiger partial charge on any atom is -0.495 e. The van der Waals surface area contributed by atoms with Gasteiger partial charge in [-0.1, -0.05) is 30.9 Å². The Morgan fingerprint density at radius 1 is 1.31 bits per heavy atom. The molecule has 0 spiro atoms. The lowest BCUT2D eigenvalue weighted by Gasteiger charge is -2.23. The maximum atomic E-state index is 13.1. The number of nitrogens with zero attached hydrogens (tertiary/aromatic N) is 2. The molecular formula is C21H22ClN3O3S. The van der Waals surface area contributed by atoms with E-state index in [1.54, 1.807) is 29.1 Å². The normalized spacial score (nSPS) is 14.9. The van der Waals surface area contributed by atoms with Gasteiger partial charge in [0.1, 0.15) is 16.0 Å². The third-order valence-electron chi connectivity index (χ3n) is 5.40. The van der Waals surface area contributed by atoms with Gasteiger partial charge in [-0.25, -0.2) is 4.98 Å². The number of thiophene rings is 1. The van der Waals surface area contributed by atoms with Crippen LogP contribution in [0.3, 0.4) is 0 Å². The van der Waals surface area contributed by atoms with Gasteiger partial charge in [-0.2, -0.15) is 0 Å². The van der Waals surface area contributed by atoms with Crippen LogP contribution in [-0.2, 0) is 0 Å². The Bertz CT molecular complexity index is 1130. The maximum absolute atomic E-state index is 13.1. The van der Waals surface area contributed by atoms with Crippen molar-refractivity contribution in [3.63, 3.8) is 0 Å². The number of benzene rings is 1. The average molecular weight is 432 g/mol. The number of amides is 1. The fraction of sp³-hybridized carbons (Fsp3) is 0.381. The number of fused-ring (bicyclic) bond motifs is 1. The monoisotopic (exact) mass is 431 g/mol. The van der Waals surface area contributed by atoms with E-state index in [9.17, 15) is 9.59 Å². The van der Waals surface area contributed by atoms with Crippen LogP contribution in [0.2, 0.25) is 5.02 Å². The molecule has 1 aliphatic carbocycles. The number of anilines is 1. The second-order valence-electron chi connectivity index (χ2n) is 7.26. The zero-order valence-electron chi connectivity index (χ0n) is 16.3. The summed E-state index contributed by atoms with van der Waals surface area (Å²) in [5.41, 5.74) is 1.39. The molecule has 8 heteroatoms. The highest BCUT2D eigenvalue weighted by Crippen LogP contribution is 2.32. The first-order chi connectivity index (χ1) is 14.0. The highest BCUT2D eigenvalue weighted by Gasteiger charge is 2.23. The molecule has 29 heavy (non-hydrogen) atoms. The first kappa shape index (κ1) is 19.9. The van der Waals surface area contributed by atoms with Gasteiger partial charge in [-0.15, -0.1) is 11.3 Å². The summed E-state index contributed by atoms with van der Waals surface area (Å²) in [5.74, 6) is 0.226. The molecule has 0 aliphatic heterocycles. The van der Waals surface area contributed by atoms with Gasteiger partial charge >= 0.3 is 0 Å². The summed E-state index contributed by atoms with van der Waals surface area (Å²) < 4.78 is 7.43. The number of hydrogen-bond acceptors (Lipinski definition) is 5. The third-order valence-corrected chi connectivity index (χ3v) is 6.78. The number of halogens is 1. The second kappa shape index (κ2) is 8.16. The van der Waals surface area contributed by atoms with E-state index in [0.717, 1.165) is 30.6 Å². The molecule has 2 heterocycles. The Morgan fingerprint density at radius 2 is 2.07 bits per heavy atom. The molecule has 1 N–H and O–H groups in total. The molecular weight excluding hydrogens is 410 g/mol. The summed E-state index contributed by atoms with van der Waals surface area (Å²) in [5, 5.41) is 3.25. The van der Waals surface area contributed by atoms with Crippen LogP contribution in [0.4, 0.5) is 5.69 Å². The number of nitrogens with one attached hydrogen (secondary N) is 1. The lowest BCUT2D eigenvalue weighted by molar-refractivity contribution is 0.102. The van der Waals surface area contributed by atoms with Gasteiger partial charge in [0.05, 0.1) is 24.0 Å². The summed E-state index contributed by atoms with van der Waals surface area (Å²) in [6.45, 7) is 1.84.